The molecule has 1 aliphatic heterocycles. The normalized spacial score (nSPS) is 16.7. The highest BCUT2D eigenvalue weighted by Crippen LogP contribution is 2.29. The van der Waals surface area contributed by atoms with Crippen LogP contribution in [0.3, 0.4) is 0 Å². The Balaban J connectivity index is 1.61. The monoisotopic (exact) mass is 416 g/mol. The molecule has 0 N–H and O–H groups in total. The van der Waals surface area contributed by atoms with E-state index < -0.39 is 5.97 Å². The maximum atomic E-state index is 12.7. The maximum Gasteiger partial charge on any atom is 0.339 e. The topological polar surface area (TPSA) is 72.6 Å². The molecule has 1 aliphatic rings. The van der Waals surface area contributed by atoms with Crippen LogP contribution in [-0.2, 0) is 15.3 Å². The lowest BCUT2D eigenvalue weighted by molar-refractivity contribution is -0.138. The second kappa shape index (κ2) is 9.96. The van der Waals surface area contributed by atoms with E-state index in [1.165, 1.54) is 11.8 Å². The molecule has 0 radical (unpaired) electrons. The molecule has 2 heterocycles. The van der Waals surface area contributed by atoms with E-state index in [0.717, 1.165) is 54.1 Å². The van der Waals surface area contributed by atoms with Gasteiger partial charge in [-0.2, -0.15) is 0 Å². The van der Waals surface area contributed by atoms with Gasteiger partial charge in [0, 0.05) is 28.8 Å². The Labute approximate surface area is 176 Å². The first-order valence-electron chi connectivity index (χ1n) is 10.1. The number of benzene rings is 1. The molecule has 0 unspecified atom stereocenters. The molecule has 6 nitrogen and oxygen atoms in total. The number of ether oxygens (including phenoxy) is 1. The Kier molecular flexibility index (Phi) is 7.36. The third-order valence-corrected chi connectivity index (χ3v) is 6.51. The standard InChI is InChI=1S/C22H28N2O4S/c1-4-17-9-7-8-12-24(17)21(25)13-27-22(26)18-10-5-6-11-20(18)29-14-19-15(2)23-28-16(19)3/h5-6,10-11,17H,4,7-9,12-14H2,1-3H3/t17-/m0/s1. The summed E-state index contributed by atoms with van der Waals surface area (Å²) < 4.78 is 10.6. The van der Waals surface area contributed by atoms with Crippen molar-refractivity contribution < 1.29 is 18.8 Å². The lowest BCUT2D eigenvalue weighted by Crippen LogP contribution is -2.45. The molecule has 7 heteroatoms. The second-order valence-corrected chi connectivity index (χ2v) is 8.33. The van der Waals surface area contributed by atoms with Crippen LogP contribution in [0.15, 0.2) is 33.7 Å². The van der Waals surface area contributed by atoms with Gasteiger partial charge in [-0.05, 0) is 51.7 Å². The van der Waals surface area contributed by atoms with E-state index in [4.69, 9.17) is 9.26 Å². The number of nitrogens with zero attached hydrogens (tertiary/aromatic N) is 2. The van der Waals surface area contributed by atoms with Gasteiger partial charge in [0.1, 0.15) is 5.76 Å². The summed E-state index contributed by atoms with van der Waals surface area (Å²) in [5.41, 5.74) is 2.36. The first kappa shape index (κ1) is 21.4. The zero-order chi connectivity index (χ0) is 20.8. The van der Waals surface area contributed by atoms with Crippen LogP contribution in [-0.4, -0.2) is 41.1 Å². The number of aryl methyl sites for hydroxylation is 2. The van der Waals surface area contributed by atoms with Crippen molar-refractivity contribution in [3.63, 3.8) is 0 Å². The highest BCUT2D eigenvalue weighted by Gasteiger charge is 2.26. The van der Waals surface area contributed by atoms with Crippen molar-refractivity contribution in [2.75, 3.05) is 13.2 Å². The van der Waals surface area contributed by atoms with Gasteiger partial charge < -0.3 is 14.2 Å². The van der Waals surface area contributed by atoms with Crippen molar-refractivity contribution in [1.29, 1.82) is 0 Å². The number of rotatable bonds is 7. The van der Waals surface area contributed by atoms with E-state index in [9.17, 15) is 9.59 Å². The number of carbonyl (C=O) groups excluding carboxylic acids is 2. The fourth-order valence-corrected chi connectivity index (χ4v) is 4.85. The number of carbonyl (C=O) groups is 2. The molecule has 156 valence electrons. The summed E-state index contributed by atoms with van der Waals surface area (Å²) >= 11 is 1.53. The van der Waals surface area contributed by atoms with E-state index in [1.54, 1.807) is 12.1 Å². The van der Waals surface area contributed by atoms with Crippen molar-refractivity contribution in [1.82, 2.24) is 10.1 Å². The third-order valence-electron chi connectivity index (χ3n) is 5.41. The summed E-state index contributed by atoms with van der Waals surface area (Å²) in [6.07, 6.45) is 4.12. The molecule has 1 amide bonds. The number of aromatic nitrogens is 1. The Hall–Kier alpha value is -2.28. The number of hydrogen-bond donors (Lipinski definition) is 0. The summed E-state index contributed by atoms with van der Waals surface area (Å²) in [6.45, 7) is 6.42. The minimum Gasteiger partial charge on any atom is -0.452 e. The second-order valence-electron chi connectivity index (χ2n) is 7.31. The number of piperidine rings is 1. The van der Waals surface area contributed by atoms with Crippen molar-refractivity contribution in [2.24, 2.45) is 0 Å². The fraction of sp³-hybridized carbons (Fsp3) is 0.500. The number of likely N-dealkylation sites (tertiary alicyclic amines) is 1. The van der Waals surface area contributed by atoms with E-state index >= 15 is 0 Å². The molecule has 1 aromatic carbocycles. The van der Waals surface area contributed by atoms with Gasteiger partial charge in [-0.15, -0.1) is 11.8 Å². The number of amides is 1. The van der Waals surface area contributed by atoms with Gasteiger partial charge in [0.05, 0.1) is 11.3 Å². The molecule has 2 aromatic rings. The van der Waals surface area contributed by atoms with Crippen molar-refractivity contribution in [3.05, 3.63) is 46.8 Å². The summed E-state index contributed by atoms with van der Waals surface area (Å²) in [5.74, 6) is 0.861. The van der Waals surface area contributed by atoms with Crippen LogP contribution >= 0.6 is 11.8 Å². The van der Waals surface area contributed by atoms with Crippen molar-refractivity contribution >= 4 is 23.6 Å². The van der Waals surface area contributed by atoms with Gasteiger partial charge in [-0.25, -0.2) is 4.79 Å². The highest BCUT2D eigenvalue weighted by molar-refractivity contribution is 7.98. The van der Waals surface area contributed by atoms with Gasteiger partial charge in [0.2, 0.25) is 0 Å². The highest BCUT2D eigenvalue weighted by atomic mass is 32.2. The summed E-state index contributed by atoms with van der Waals surface area (Å²) in [7, 11) is 0. The van der Waals surface area contributed by atoms with E-state index in [1.807, 2.05) is 30.9 Å². The first-order chi connectivity index (χ1) is 14.0. The molecule has 1 aromatic heterocycles. The molecule has 1 atom stereocenters. The predicted octanol–water partition coefficient (Wildman–Crippen LogP) is 4.53. The SMILES string of the molecule is CC[C@H]1CCCCN1C(=O)COC(=O)c1ccccc1SCc1c(C)noc1C. The van der Waals surface area contributed by atoms with Crippen LogP contribution in [0.5, 0.6) is 0 Å². The van der Waals surface area contributed by atoms with Crippen LogP contribution in [0.25, 0.3) is 0 Å². The average molecular weight is 417 g/mol. The van der Waals surface area contributed by atoms with Crippen LogP contribution in [0, 0.1) is 13.8 Å². The quantitative estimate of drug-likeness (QED) is 0.488. The predicted molar refractivity (Wildman–Crippen MR) is 112 cm³/mol. The summed E-state index contributed by atoms with van der Waals surface area (Å²) in [4.78, 5) is 27.9. The molecule has 29 heavy (non-hydrogen) atoms. The Morgan fingerprint density at radius 3 is 2.79 bits per heavy atom. The zero-order valence-electron chi connectivity index (χ0n) is 17.3. The van der Waals surface area contributed by atoms with Crippen LogP contribution in [0.1, 0.15) is 60.0 Å². The fourth-order valence-electron chi connectivity index (χ4n) is 3.66. The van der Waals surface area contributed by atoms with Crippen LogP contribution < -0.4 is 0 Å². The minimum atomic E-state index is -0.467. The average Bonchev–Trinajstić information content (AvgIpc) is 3.07. The van der Waals surface area contributed by atoms with E-state index in [0.29, 0.717) is 11.3 Å². The summed E-state index contributed by atoms with van der Waals surface area (Å²) in [6, 6.07) is 7.57. The first-order valence-corrected chi connectivity index (χ1v) is 11.1. The Morgan fingerprint density at radius 1 is 1.28 bits per heavy atom. The summed E-state index contributed by atoms with van der Waals surface area (Å²) in [5, 5.41) is 3.97. The number of hydrogen-bond acceptors (Lipinski definition) is 6. The van der Waals surface area contributed by atoms with Gasteiger partial charge in [-0.3, -0.25) is 4.79 Å². The lowest BCUT2D eigenvalue weighted by atomic mass is 10.00. The van der Waals surface area contributed by atoms with E-state index in [2.05, 4.69) is 12.1 Å². The molecule has 0 aliphatic carbocycles. The van der Waals surface area contributed by atoms with E-state index in [-0.39, 0.29) is 18.6 Å². The molecular formula is C22H28N2O4S. The van der Waals surface area contributed by atoms with Crippen molar-refractivity contribution in [3.8, 4) is 0 Å². The van der Waals surface area contributed by atoms with Crippen molar-refractivity contribution in [2.45, 2.75) is 63.1 Å². The molecule has 1 saturated heterocycles. The van der Waals surface area contributed by atoms with Gasteiger partial charge in [-0.1, -0.05) is 24.2 Å². The Morgan fingerprint density at radius 2 is 2.07 bits per heavy atom. The molecule has 0 bridgehead atoms. The Bertz CT molecular complexity index is 845. The van der Waals surface area contributed by atoms with Crippen LogP contribution in [0.4, 0.5) is 0 Å². The zero-order valence-corrected chi connectivity index (χ0v) is 18.1. The number of esters is 1. The largest absolute Gasteiger partial charge is 0.452 e. The maximum absolute atomic E-state index is 12.7. The van der Waals surface area contributed by atoms with Gasteiger partial charge in [0.25, 0.3) is 5.91 Å². The van der Waals surface area contributed by atoms with Gasteiger partial charge >= 0.3 is 5.97 Å². The number of thioether (sulfide) groups is 1. The molecule has 0 saturated carbocycles. The molecule has 3 rings (SSSR count). The van der Waals surface area contributed by atoms with Crippen LogP contribution in [0.2, 0.25) is 0 Å². The minimum absolute atomic E-state index is 0.106. The molecule has 0 spiro atoms. The molecule has 1 fully saturated rings. The smallest absolute Gasteiger partial charge is 0.339 e. The third kappa shape index (κ3) is 5.21. The lowest BCUT2D eigenvalue weighted by Gasteiger charge is -2.35. The molecular weight excluding hydrogens is 388 g/mol. The van der Waals surface area contributed by atoms with Gasteiger partial charge in [0.15, 0.2) is 6.61 Å².